The van der Waals surface area contributed by atoms with Crippen molar-refractivity contribution in [2.24, 2.45) is 5.92 Å². The minimum absolute atomic E-state index is 0.698. The van der Waals surface area contributed by atoms with Gasteiger partial charge in [0.05, 0.1) is 0 Å². The predicted octanol–water partition coefficient (Wildman–Crippen LogP) is 3.02. The molecule has 3 fully saturated rings. The van der Waals surface area contributed by atoms with Crippen molar-refractivity contribution in [3.8, 4) is 0 Å². The van der Waals surface area contributed by atoms with Crippen molar-refractivity contribution in [1.29, 1.82) is 0 Å². The lowest BCUT2D eigenvalue weighted by molar-refractivity contribution is 0.0720. The summed E-state index contributed by atoms with van der Waals surface area (Å²) in [5.41, 5.74) is 1.40. The van der Waals surface area contributed by atoms with Crippen molar-refractivity contribution >= 4 is 10.8 Å². The van der Waals surface area contributed by atoms with Crippen molar-refractivity contribution < 1.29 is 0 Å². The van der Waals surface area contributed by atoms with E-state index in [0.717, 1.165) is 12.5 Å². The molecule has 0 aromatic heterocycles. The zero-order chi connectivity index (χ0) is 13.4. The van der Waals surface area contributed by atoms with Crippen LogP contribution in [0.2, 0.25) is 0 Å². The lowest BCUT2D eigenvalue weighted by Crippen LogP contribution is -2.55. The summed E-state index contributed by atoms with van der Waals surface area (Å²) in [6.07, 6.45) is 2.77. The molecule has 1 unspecified atom stereocenters. The van der Waals surface area contributed by atoms with Crippen molar-refractivity contribution in [3.63, 3.8) is 0 Å². The molecule has 2 aromatic carbocycles. The Balaban J connectivity index is 1.45. The number of benzene rings is 2. The summed E-state index contributed by atoms with van der Waals surface area (Å²) in [5, 5.41) is 6.47. The third-order valence-electron chi connectivity index (χ3n) is 5.04. The van der Waals surface area contributed by atoms with Crippen LogP contribution in [-0.4, -0.2) is 30.6 Å². The molecule has 20 heavy (non-hydrogen) atoms. The maximum atomic E-state index is 3.79. The van der Waals surface area contributed by atoms with E-state index in [1.807, 2.05) is 0 Å². The molecule has 1 N–H and O–H groups in total. The average molecular weight is 266 g/mol. The molecule has 3 aliphatic heterocycles. The quantitative estimate of drug-likeness (QED) is 0.918. The fraction of sp³-hybridized carbons (Fsp3) is 0.444. The second kappa shape index (κ2) is 5.19. The van der Waals surface area contributed by atoms with E-state index in [4.69, 9.17) is 0 Å². The summed E-state index contributed by atoms with van der Waals surface area (Å²) >= 11 is 0. The topological polar surface area (TPSA) is 15.3 Å². The first kappa shape index (κ1) is 12.4. The van der Waals surface area contributed by atoms with Gasteiger partial charge >= 0.3 is 0 Å². The summed E-state index contributed by atoms with van der Waals surface area (Å²) in [7, 11) is 0. The molecule has 3 saturated heterocycles. The standard InChI is InChI=1S/C18H22N2/c1-2-4-17-11-14(5-6-15(17)3-1)12-19-18-13-20-9-7-16(18)8-10-20/h1-6,11,16,18-19H,7-10,12-13H2. The van der Waals surface area contributed by atoms with Crippen LogP contribution in [0.5, 0.6) is 0 Å². The number of rotatable bonds is 3. The summed E-state index contributed by atoms with van der Waals surface area (Å²) in [6.45, 7) is 4.88. The van der Waals surface area contributed by atoms with Gasteiger partial charge in [0.1, 0.15) is 0 Å². The highest BCUT2D eigenvalue weighted by molar-refractivity contribution is 5.82. The van der Waals surface area contributed by atoms with Crippen molar-refractivity contribution in [1.82, 2.24) is 10.2 Å². The lowest BCUT2D eigenvalue weighted by Gasteiger charge is -2.45. The van der Waals surface area contributed by atoms with Gasteiger partial charge in [0, 0.05) is 19.1 Å². The second-order valence-electron chi connectivity index (χ2n) is 6.31. The predicted molar refractivity (Wildman–Crippen MR) is 83.7 cm³/mol. The van der Waals surface area contributed by atoms with Crippen LogP contribution in [0.15, 0.2) is 42.5 Å². The van der Waals surface area contributed by atoms with E-state index in [9.17, 15) is 0 Å². The first-order valence-corrected chi connectivity index (χ1v) is 7.82. The van der Waals surface area contributed by atoms with Crippen LogP contribution >= 0.6 is 0 Å². The van der Waals surface area contributed by atoms with Gasteiger partial charge in [0.15, 0.2) is 0 Å². The van der Waals surface area contributed by atoms with Crippen molar-refractivity contribution in [2.75, 3.05) is 19.6 Å². The van der Waals surface area contributed by atoms with Crippen LogP contribution < -0.4 is 5.32 Å². The zero-order valence-corrected chi connectivity index (χ0v) is 11.9. The second-order valence-corrected chi connectivity index (χ2v) is 6.31. The van der Waals surface area contributed by atoms with E-state index < -0.39 is 0 Å². The minimum atomic E-state index is 0.698. The highest BCUT2D eigenvalue weighted by atomic mass is 15.2. The normalized spacial score (nSPS) is 28.9. The molecule has 0 spiro atoms. The molecule has 3 aliphatic rings. The Morgan fingerprint density at radius 1 is 1.00 bits per heavy atom. The largest absolute Gasteiger partial charge is 0.308 e. The summed E-state index contributed by atoms with van der Waals surface area (Å²) < 4.78 is 0. The number of piperidine rings is 3. The van der Waals surface area contributed by atoms with Gasteiger partial charge in [-0.25, -0.2) is 0 Å². The number of hydrogen-bond donors (Lipinski definition) is 1. The van der Waals surface area contributed by atoms with Gasteiger partial charge in [-0.05, 0) is 54.3 Å². The van der Waals surface area contributed by atoms with Gasteiger partial charge < -0.3 is 10.2 Å². The Bertz CT molecular complexity index is 599. The number of hydrogen-bond acceptors (Lipinski definition) is 2. The third-order valence-corrected chi connectivity index (χ3v) is 5.04. The van der Waals surface area contributed by atoms with E-state index >= 15 is 0 Å². The Hall–Kier alpha value is -1.38. The average Bonchev–Trinajstić information content (AvgIpc) is 2.54. The molecule has 2 nitrogen and oxygen atoms in total. The molecule has 2 heteroatoms. The van der Waals surface area contributed by atoms with Crippen LogP contribution in [0.1, 0.15) is 18.4 Å². The zero-order valence-electron chi connectivity index (χ0n) is 11.9. The molecule has 1 atom stereocenters. The Kier molecular flexibility index (Phi) is 3.21. The van der Waals surface area contributed by atoms with Gasteiger partial charge in [0.25, 0.3) is 0 Å². The van der Waals surface area contributed by atoms with E-state index in [0.29, 0.717) is 6.04 Å². The Morgan fingerprint density at radius 2 is 1.80 bits per heavy atom. The smallest absolute Gasteiger partial charge is 0.0227 e. The van der Waals surface area contributed by atoms with Crippen LogP contribution in [0.25, 0.3) is 10.8 Å². The molecule has 0 aliphatic carbocycles. The minimum Gasteiger partial charge on any atom is -0.308 e. The molecule has 0 saturated carbocycles. The first-order valence-electron chi connectivity index (χ1n) is 7.82. The van der Waals surface area contributed by atoms with Crippen LogP contribution in [0.3, 0.4) is 0 Å². The molecule has 0 amide bonds. The van der Waals surface area contributed by atoms with Gasteiger partial charge in [-0.1, -0.05) is 36.4 Å². The lowest BCUT2D eigenvalue weighted by atomic mass is 9.84. The summed E-state index contributed by atoms with van der Waals surface area (Å²) in [4.78, 5) is 2.61. The molecule has 2 bridgehead atoms. The van der Waals surface area contributed by atoms with E-state index in [2.05, 4.69) is 52.7 Å². The fourth-order valence-corrected chi connectivity index (χ4v) is 3.79. The van der Waals surface area contributed by atoms with Gasteiger partial charge in [-0.15, -0.1) is 0 Å². The molecule has 5 rings (SSSR count). The number of fused-ring (bicyclic) bond motifs is 4. The van der Waals surface area contributed by atoms with Crippen molar-refractivity contribution in [2.45, 2.75) is 25.4 Å². The molecule has 3 heterocycles. The number of nitrogens with one attached hydrogen (secondary N) is 1. The Morgan fingerprint density at radius 3 is 2.55 bits per heavy atom. The monoisotopic (exact) mass is 266 g/mol. The Labute approximate surface area is 120 Å². The number of nitrogens with zero attached hydrogens (tertiary/aromatic N) is 1. The maximum absolute atomic E-state index is 3.79. The highest BCUT2D eigenvalue weighted by Crippen LogP contribution is 2.27. The summed E-state index contributed by atoms with van der Waals surface area (Å²) in [5.74, 6) is 0.903. The summed E-state index contributed by atoms with van der Waals surface area (Å²) in [6, 6.07) is 16.1. The molecular formula is C18H22N2. The van der Waals surface area contributed by atoms with Crippen LogP contribution in [0.4, 0.5) is 0 Å². The van der Waals surface area contributed by atoms with Crippen LogP contribution in [-0.2, 0) is 6.54 Å². The third kappa shape index (κ3) is 2.34. The van der Waals surface area contributed by atoms with Crippen molar-refractivity contribution in [3.05, 3.63) is 48.0 Å². The van der Waals surface area contributed by atoms with Gasteiger partial charge in [-0.2, -0.15) is 0 Å². The molecule has 104 valence electrons. The molecular weight excluding hydrogens is 244 g/mol. The fourth-order valence-electron chi connectivity index (χ4n) is 3.79. The SMILES string of the molecule is c1ccc2cc(CNC3CN4CCC3CC4)ccc2c1. The van der Waals surface area contributed by atoms with Gasteiger partial charge in [-0.3, -0.25) is 0 Å². The van der Waals surface area contributed by atoms with E-state index in [1.54, 1.807) is 0 Å². The van der Waals surface area contributed by atoms with E-state index in [-0.39, 0.29) is 0 Å². The maximum Gasteiger partial charge on any atom is 0.0227 e. The molecule has 0 radical (unpaired) electrons. The van der Waals surface area contributed by atoms with E-state index in [1.165, 1.54) is 48.8 Å². The van der Waals surface area contributed by atoms with Gasteiger partial charge in [0.2, 0.25) is 0 Å². The molecule has 2 aromatic rings. The first-order chi connectivity index (χ1) is 9.88. The van der Waals surface area contributed by atoms with Crippen LogP contribution in [0, 0.1) is 5.92 Å². The highest BCUT2D eigenvalue weighted by Gasteiger charge is 2.33.